The number of aromatic nitrogens is 2. The van der Waals surface area contributed by atoms with Gasteiger partial charge in [0.05, 0.1) is 11.9 Å². The molecule has 120 valence electrons. The minimum Gasteiger partial charge on any atom is -0.339 e. The molecule has 24 heavy (non-hydrogen) atoms. The molecule has 0 unspecified atom stereocenters. The molecule has 1 amide bonds. The summed E-state index contributed by atoms with van der Waals surface area (Å²) in [4.78, 5) is 21.5. The van der Waals surface area contributed by atoms with Gasteiger partial charge < -0.3 is 10.2 Å². The van der Waals surface area contributed by atoms with Gasteiger partial charge in [-0.3, -0.25) is 9.78 Å². The lowest BCUT2D eigenvalue weighted by Gasteiger charge is -2.15. The molecule has 0 radical (unpaired) electrons. The Morgan fingerprint density at radius 3 is 2.33 bits per heavy atom. The fraction of sp³-hybridized carbons (Fsp3) is 0.105. The molecule has 0 aliphatic heterocycles. The van der Waals surface area contributed by atoms with Crippen LogP contribution in [0, 0.1) is 0 Å². The van der Waals surface area contributed by atoms with E-state index in [1.54, 1.807) is 31.3 Å². The van der Waals surface area contributed by atoms with Crippen molar-refractivity contribution in [1.82, 2.24) is 9.97 Å². The van der Waals surface area contributed by atoms with E-state index in [0.29, 0.717) is 0 Å². The maximum absolute atomic E-state index is 11.4. The van der Waals surface area contributed by atoms with Gasteiger partial charge in [0, 0.05) is 37.6 Å². The third-order valence-corrected chi connectivity index (χ3v) is 3.76. The van der Waals surface area contributed by atoms with Gasteiger partial charge in [0.15, 0.2) is 0 Å². The fourth-order valence-electron chi connectivity index (χ4n) is 2.28. The van der Waals surface area contributed by atoms with Crippen LogP contribution in [0.2, 0.25) is 0 Å². The molecule has 0 atom stereocenters. The van der Waals surface area contributed by atoms with Crippen molar-refractivity contribution in [2.24, 2.45) is 0 Å². The van der Waals surface area contributed by atoms with Gasteiger partial charge in [-0.2, -0.15) is 0 Å². The van der Waals surface area contributed by atoms with Crippen LogP contribution in [-0.2, 0) is 4.79 Å². The van der Waals surface area contributed by atoms with E-state index >= 15 is 0 Å². The van der Waals surface area contributed by atoms with Gasteiger partial charge >= 0.3 is 0 Å². The highest BCUT2D eigenvalue weighted by Gasteiger charge is 2.06. The first-order valence-corrected chi connectivity index (χ1v) is 7.61. The van der Waals surface area contributed by atoms with E-state index in [2.05, 4.69) is 15.3 Å². The Kier molecular flexibility index (Phi) is 4.52. The zero-order chi connectivity index (χ0) is 16.9. The first kappa shape index (κ1) is 15.7. The number of nitrogens with one attached hydrogen (secondary N) is 1. The van der Waals surface area contributed by atoms with Gasteiger partial charge in [0.2, 0.25) is 5.91 Å². The molecule has 5 nitrogen and oxygen atoms in total. The summed E-state index contributed by atoms with van der Waals surface area (Å²) < 4.78 is 0. The number of benzene rings is 1. The summed E-state index contributed by atoms with van der Waals surface area (Å²) in [6.45, 7) is 1.55. The molecule has 0 saturated heterocycles. The third kappa shape index (κ3) is 3.57. The van der Waals surface area contributed by atoms with Crippen LogP contribution in [0.15, 0.2) is 67.1 Å². The molecule has 1 N–H and O–H groups in total. The monoisotopic (exact) mass is 318 g/mol. The van der Waals surface area contributed by atoms with Crippen LogP contribution >= 0.6 is 0 Å². The van der Waals surface area contributed by atoms with Crippen molar-refractivity contribution < 1.29 is 4.79 Å². The minimum absolute atomic E-state index is 0.00949. The summed E-state index contributed by atoms with van der Waals surface area (Å²) in [5.41, 5.74) is 3.84. The van der Waals surface area contributed by atoms with E-state index in [4.69, 9.17) is 0 Å². The van der Waals surface area contributed by atoms with Crippen molar-refractivity contribution in [3.63, 3.8) is 0 Å². The number of rotatable bonds is 4. The highest BCUT2D eigenvalue weighted by Crippen LogP contribution is 2.23. The highest BCUT2D eigenvalue weighted by atomic mass is 16.2. The number of anilines is 3. The normalized spacial score (nSPS) is 10.2. The Labute approximate surface area is 141 Å². The van der Waals surface area contributed by atoms with Crippen LogP contribution in [0.1, 0.15) is 6.92 Å². The molecule has 0 spiro atoms. The molecular weight excluding hydrogens is 300 g/mol. The summed E-state index contributed by atoms with van der Waals surface area (Å²) in [6.07, 6.45) is 5.30. The molecule has 0 fully saturated rings. The maximum atomic E-state index is 11.4. The predicted molar refractivity (Wildman–Crippen MR) is 96.3 cm³/mol. The van der Waals surface area contributed by atoms with Crippen LogP contribution in [0.4, 0.5) is 17.2 Å². The molecule has 2 aromatic heterocycles. The van der Waals surface area contributed by atoms with Crippen LogP contribution in [-0.4, -0.2) is 22.9 Å². The number of carbonyl (C=O) groups excluding carboxylic acids is 1. The van der Waals surface area contributed by atoms with Crippen molar-refractivity contribution >= 4 is 23.1 Å². The third-order valence-electron chi connectivity index (χ3n) is 3.76. The van der Waals surface area contributed by atoms with E-state index in [1.165, 1.54) is 0 Å². The second-order valence-electron chi connectivity index (χ2n) is 5.42. The van der Waals surface area contributed by atoms with Gasteiger partial charge in [-0.1, -0.05) is 12.1 Å². The summed E-state index contributed by atoms with van der Waals surface area (Å²) in [5.74, 6) is 0.773. The minimum atomic E-state index is 0.00949. The SMILES string of the molecule is CC(=O)N(C)c1ccc(-c2ccc(Nc3cccnc3)nc2)cc1. The Bertz CT molecular complexity index is 814. The zero-order valence-corrected chi connectivity index (χ0v) is 13.6. The first-order chi connectivity index (χ1) is 11.6. The summed E-state index contributed by atoms with van der Waals surface area (Å²) in [5, 5.41) is 3.20. The van der Waals surface area contributed by atoms with E-state index in [0.717, 1.165) is 28.3 Å². The zero-order valence-electron chi connectivity index (χ0n) is 13.6. The average molecular weight is 318 g/mol. The standard InChI is InChI=1S/C19H18N4O/c1-14(24)23(2)18-8-5-15(6-9-18)16-7-10-19(21-12-16)22-17-4-3-11-20-13-17/h3-13H,1-2H3,(H,21,22). The topological polar surface area (TPSA) is 58.1 Å². The van der Waals surface area contributed by atoms with Crippen molar-refractivity contribution in [2.75, 3.05) is 17.3 Å². The highest BCUT2D eigenvalue weighted by molar-refractivity contribution is 5.91. The van der Waals surface area contributed by atoms with Gasteiger partial charge in [0.1, 0.15) is 5.82 Å². The summed E-state index contributed by atoms with van der Waals surface area (Å²) in [7, 11) is 1.76. The number of amides is 1. The maximum Gasteiger partial charge on any atom is 0.223 e. The smallest absolute Gasteiger partial charge is 0.223 e. The molecule has 0 aliphatic carbocycles. The average Bonchev–Trinajstić information content (AvgIpc) is 2.63. The molecule has 5 heteroatoms. The van der Waals surface area contributed by atoms with Crippen LogP contribution in [0.5, 0.6) is 0 Å². The van der Waals surface area contributed by atoms with Gasteiger partial charge in [-0.25, -0.2) is 4.98 Å². The Hall–Kier alpha value is -3.21. The molecule has 1 aromatic carbocycles. The van der Waals surface area contributed by atoms with Crippen LogP contribution < -0.4 is 10.2 Å². The van der Waals surface area contributed by atoms with E-state index < -0.39 is 0 Å². The quantitative estimate of drug-likeness (QED) is 0.793. The van der Waals surface area contributed by atoms with Crippen molar-refractivity contribution in [2.45, 2.75) is 6.92 Å². The second kappa shape index (κ2) is 6.91. The number of pyridine rings is 2. The Balaban J connectivity index is 1.75. The van der Waals surface area contributed by atoms with Gasteiger partial charge in [-0.05, 0) is 42.0 Å². The summed E-state index contributed by atoms with van der Waals surface area (Å²) in [6, 6.07) is 15.6. The van der Waals surface area contributed by atoms with E-state index in [1.807, 2.05) is 54.7 Å². The molecule has 0 aliphatic rings. The Morgan fingerprint density at radius 1 is 1.00 bits per heavy atom. The molecule has 2 heterocycles. The van der Waals surface area contributed by atoms with Crippen LogP contribution in [0.3, 0.4) is 0 Å². The second-order valence-corrected chi connectivity index (χ2v) is 5.42. The Morgan fingerprint density at radius 2 is 1.75 bits per heavy atom. The molecule has 0 bridgehead atoms. The predicted octanol–water partition coefficient (Wildman–Crippen LogP) is 3.87. The number of carbonyl (C=O) groups is 1. The lowest BCUT2D eigenvalue weighted by Crippen LogP contribution is -2.22. The largest absolute Gasteiger partial charge is 0.339 e. The van der Waals surface area contributed by atoms with Crippen molar-refractivity contribution in [1.29, 1.82) is 0 Å². The van der Waals surface area contributed by atoms with Crippen molar-refractivity contribution in [3.8, 4) is 11.1 Å². The summed E-state index contributed by atoms with van der Waals surface area (Å²) >= 11 is 0. The van der Waals surface area contributed by atoms with E-state index in [9.17, 15) is 4.79 Å². The van der Waals surface area contributed by atoms with Crippen LogP contribution in [0.25, 0.3) is 11.1 Å². The molecule has 3 rings (SSSR count). The number of nitrogens with zero attached hydrogens (tertiary/aromatic N) is 3. The first-order valence-electron chi connectivity index (χ1n) is 7.61. The molecule has 0 saturated carbocycles. The van der Waals surface area contributed by atoms with E-state index in [-0.39, 0.29) is 5.91 Å². The number of hydrogen-bond donors (Lipinski definition) is 1. The fourth-order valence-corrected chi connectivity index (χ4v) is 2.28. The van der Waals surface area contributed by atoms with Gasteiger partial charge in [-0.15, -0.1) is 0 Å². The molecule has 3 aromatic rings. The lowest BCUT2D eigenvalue weighted by atomic mass is 10.1. The van der Waals surface area contributed by atoms with Gasteiger partial charge in [0.25, 0.3) is 0 Å². The van der Waals surface area contributed by atoms with Crippen molar-refractivity contribution in [3.05, 3.63) is 67.1 Å². The number of hydrogen-bond acceptors (Lipinski definition) is 4. The lowest BCUT2D eigenvalue weighted by molar-refractivity contribution is -0.116. The molecular formula is C19H18N4O.